The Morgan fingerprint density at radius 1 is 1.12 bits per heavy atom. The molecule has 134 valence electrons. The van der Waals surface area contributed by atoms with Gasteiger partial charge in [-0.25, -0.2) is 9.78 Å². The van der Waals surface area contributed by atoms with Gasteiger partial charge in [-0.15, -0.1) is 0 Å². The molecule has 0 aliphatic carbocycles. The van der Waals surface area contributed by atoms with Gasteiger partial charge < -0.3 is 9.72 Å². The van der Waals surface area contributed by atoms with Gasteiger partial charge in [0.2, 0.25) is 0 Å². The van der Waals surface area contributed by atoms with E-state index in [1.54, 1.807) is 24.3 Å². The summed E-state index contributed by atoms with van der Waals surface area (Å²) in [4.78, 5) is 55.4. The van der Waals surface area contributed by atoms with Crippen LogP contribution in [0.1, 0.15) is 16.1 Å². The summed E-state index contributed by atoms with van der Waals surface area (Å²) in [6.07, 6.45) is -0.274. The number of benzene rings is 1. The average Bonchev–Trinajstić information content (AvgIpc) is 2.65. The van der Waals surface area contributed by atoms with Crippen LogP contribution in [0.3, 0.4) is 0 Å². The van der Waals surface area contributed by atoms with Gasteiger partial charge in [0.15, 0.2) is 11.3 Å². The summed E-state index contributed by atoms with van der Waals surface area (Å²) in [5, 5.41) is 0. The zero-order valence-electron chi connectivity index (χ0n) is 14.4. The summed E-state index contributed by atoms with van der Waals surface area (Å²) >= 11 is 0. The van der Waals surface area contributed by atoms with Crippen molar-refractivity contribution in [1.82, 2.24) is 19.1 Å². The van der Waals surface area contributed by atoms with Gasteiger partial charge in [-0.05, 0) is 24.3 Å². The molecule has 0 saturated heterocycles. The van der Waals surface area contributed by atoms with E-state index in [4.69, 9.17) is 4.74 Å². The molecule has 9 heteroatoms. The molecule has 0 aliphatic heterocycles. The molecule has 1 N–H and O–H groups in total. The van der Waals surface area contributed by atoms with Crippen LogP contribution >= 0.6 is 0 Å². The smallest absolute Gasteiger partial charge is 0.332 e. The molecule has 0 radical (unpaired) electrons. The van der Waals surface area contributed by atoms with E-state index < -0.39 is 16.8 Å². The molecule has 2 heterocycles. The molecular weight excluding hydrogens is 340 g/mol. The minimum atomic E-state index is -0.641. The summed E-state index contributed by atoms with van der Waals surface area (Å²) in [5.74, 6) is 0.277. The number of fused-ring (bicyclic) bond motifs is 1. The van der Waals surface area contributed by atoms with Crippen molar-refractivity contribution in [3.05, 3.63) is 66.7 Å². The molecule has 9 nitrogen and oxygen atoms in total. The van der Waals surface area contributed by atoms with Crippen molar-refractivity contribution in [1.29, 1.82) is 0 Å². The average molecular weight is 356 g/mol. The molecule has 0 fully saturated rings. The highest BCUT2D eigenvalue weighted by atomic mass is 16.5. The third kappa shape index (κ3) is 2.83. The Morgan fingerprint density at radius 3 is 2.38 bits per heavy atom. The quantitative estimate of drug-likeness (QED) is 0.645. The molecule has 0 atom stereocenters. The van der Waals surface area contributed by atoms with E-state index >= 15 is 0 Å². The predicted octanol–water partition coefficient (Wildman–Crippen LogP) is -0.245. The van der Waals surface area contributed by atoms with Gasteiger partial charge in [-0.2, -0.15) is 0 Å². The Bertz CT molecular complexity index is 1190. The van der Waals surface area contributed by atoms with Gasteiger partial charge >= 0.3 is 5.69 Å². The van der Waals surface area contributed by atoms with Crippen molar-refractivity contribution in [2.24, 2.45) is 14.1 Å². The summed E-state index contributed by atoms with van der Waals surface area (Å²) < 4.78 is 7.05. The largest absolute Gasteiger partial charge is 0.497 e. The van der Waals surface area contributed by atoms with Crippen LogP contribution in [0.2, 0.25) is 0 Å². The molecule has 0 saturated carbocycles. The third-order valence-electron chi connectivity index (χ3n) is 4.12. The second kappa shape index (κ2) is 6.43. The number of Topliss-reactive ketones (excluding diaryl/α,β-unsaturated/α-hetero) is 1. The Hall–Kier alpha value is -3.49. The topological polar surface area (TPSA) is 116 Å². The van der Waals surface area contributed by atoms with Crippen molar-refractivity contribution in [2.45, 2.75) is 6.42 Å². The number of aromatic nitrogens is 4. The van der Waals surface area contributed by atoms with Crippen LogP contribution in [-0.4, -0.2) is 32.0 Å². The highest BCUT2D eigenvalue weighted by molar-refractivity contribution is 5.97. The number of nitrogens with zero attached hydrogens (tertiary/aromatic N) is 3. The lowest BCUT2D eigenvalue weighted by Crippen LogP contribution is -2.39. The number of ketones is 1. The number of hydrogen-bond acceptors (Lipinski definition) is 6. The van der Waals surface area contributed by atoms with Crippen molar-refractivity contribution in [2.75, 3.05) is 7.11 Å². The first-order valence-electron chi connectivity index (χ1n) is 7.69. The van der Waals surface area contributed by atoms with Crippen LogP contribution < -0.4 is 21.5 Å². The molecule has 26 heavy (non-hydrogen) atoms. The first-order valence-corrected chi connectivity index (χ1v) is 7.69. The fourth-order valence-corrected chi connectivity index (χ4v) is 2.59. The minimum Gasteiger partial charge on any atom is -0.497 e. The molecule has 0 amide bonds. The molecule has 0 unspecified atom stereocenters. The standard InChI is InChI=1S/C17H16N4O5/c1-20-14-13(16(24)21(2)17(20)25)18-11(15(23)19-14)8-12(22)9-4-6-10(26-3)7-5-9/h4-7H,8H2,1-3H3,(H,19,23). The second-order valence-electron chi connectivity index (χ2n) is 5.74. The van der Waals surface area contributed by atoms with E-state index in [9.17, 15) is 19.2 Å². The van der Waals surface area contributed by atoms with E-state index in [1.165, 1.54) is 21.2 Å². The fraction of sp³-hybridized carbons (Fsp3) is 0.235. The van der Waals surface area contributed by atoms with E-state index in [2.05, 4.69) is 9.97 Å². The van der Waals surface area contributed by atoms with Crippen LogP contribution in [0.4, 0.5) is 0 Å². The number of ether oxygens (including phenoxy) is 1. The molecule has 3 aromatic rings. The SMILES string of the molecule is COc1ccc(C(=O)Cc2nc3c(=O)n(C)c(=O)n(C)c3[nH]c2=O)cc1. The van der Waals surface area contributed by atoms with E-state index in [-0.39, 0.29) is 29.1 Å². The van der Waals surface area contributed by atoms with E-state index in [1.807, 2.05) is 0 Å². The zero-order valence-corrected chi connectivity index (χ0v) is 14.4. The Kier molecular flexibility index (Phi) is 4.29. The summed E-state index contributed by atoms with van der Waals surface area (Å²) in [6, 6.07) is 6.44. The summed E-state index contributed by atoms with van der Waals surface area (Å²) in [7, 11) is 4.26. The van der Waals surface area contributed by atoms with Crippen molar-refractivity contribution in [3.63, 3.8) is 0 Å². The van der Waals surface area contributed by atoms with Gasteiger partial charge in [0.05, 0.1) is 13.5 Å². The van der Waals surface area contributed by atoms with Gasteiger partial charge in [0, 0.05) is 19.7 Å². The molecule has 1 aromatic carbocycles. The molecular formula is C17H16N4O5. The highest BCUT2D eigenvalue weighted by Crippen LogP contribution is 2.13. The van der Waals surface area contributed by atoms with Gasteiger partial charge in [-0.1, -0.05) is 0 Å². The van der Waals surface area contributed by atoms with E-state index in [0.29, 0.717) is 11.3 Å². The maximum absolute atomic E-state index is 12.4. The number of nitrogens with one attached hydrogen (secondary N) is 1. The van der Waals surface area contributed by atoms with Crippen LogP contribution in [-0.2, 0) is 20.5 Å². The number of methoxy groups -OCH3 is 1. The maximum Gasteiger partial charge on any atom is 0.332 e. The maximum atomic E-state index is 12.4. The first-order chi connectivity index (χ1) is 12.3. The second-order valence-corrected chi connectivity index (χ2v) is 5.74. The van der Waals surface area contributed by atoms with Crippen molar-refractivity contribution >= 4 is 16.9 Å². The van der Waals surface area contributed by atoms with Crippen LogP contribution in [0, 0.1) is 0 Å². The van der Waals surface area contributed by atoms with Crippen molar-refractivity contribution < 1.29 is 9.53 Å². The van der Waals surface area contributed by atoms with Gasteiger partial charge in [-0.3, -0.25) is 23.5 Å². The molecule has 3 rings (SSSR count). The number of aryl methyl sites for hydroxylation is 1. The summed E-state index contributed by atoms with van der Waals surface area (Å²) in [6.45, 7) is 0. The minimum absolute atomic E-state index is 0.0174. The molecule has 0 aliphatic rings. The van der Waals surface area contributed by atoms with E-state index in [0.717, 1.165) is 9.13 Å². The van der Waals surface area contributed by atoms with Gasteiger partial charge in [0.25, 0.3) is 11.1 Å². The lowest BCUT2D eigenvalue weighted by Gasteiger charge is -2.08. The number of carbonyl (C=O) groups is 1. The number of carbonyl (C=O) groups excluding carboxylic acids is 1. The Morgan fingerprint density at radius 2 is 1.77 bits per heavy atom. The van der Waals surface area contributed by atoms with Crippen LogP contribution in [0.25, 0.3) is 11.2 Å². The number of hydrogen-bond donors (Lipinski definition) is 1. The Balaban J connectivity index is 2.06. The molecule has 0 bridgehead atoms. The third-order valence-corrected chi connectivity index (χ3v) is 4.12. The summed E-state index contributed by atoms with van der Waals surface area (Å²) in [5.41, 5.74) is -1.60. The van der Waals surface area contributed by atoms with Crippen LogP contribution in [0.15, 0.2) is 38.6 Å². The number of H-pyrrole nitrogens is 1. The number of aromatic amines is 1. The lowest BCUT2D eigenvalue weighted by molar-refractivity contribution is 0.0991. The fourth-order valence-electron chi connectivity index (χ4n) is 2.59. The predicted molar refractivity (Wildman–Crippen MR) is 93.9 cm³/mol. The Labute approximate surface area is 146 Å². The molecule has 0 spiro atoms. The monoisotopic (exact) mass is 356 g/mol. The lowest BCUT2D eigenvalue weighted by atomic mass is 10.1. The number of rotatable bonds is 4. The normalized spacial score (nSPS) is 10.9. The first kappa shape index (κ1) is 17.3. The van der Waals surface area contributed by atoms with Gasteiger partial charge in [0.1, 0.15) is 17.1 Å². The highest BCUT2D eigenvalue weighted by Gasteiger charge is 2.16. The zero-order chi connectivity index (χ0) is 19.0. The van der Waals surface area contributed by atoms with Crippen molar-refractivity contribution in [3.8, 4) is 5.75 Å². The van der Waals surface area contributed by atoms with Crippen LogP contribution in [0.5, 0.6) is 5.75 Å². The molecule has 2 aromatic heterocycles.